The van der Waals surface area contributed by atoms with Gasteiger partial charge in [0.15, 0.2) is 6.10 Å². The van der Waals surface area contributed by atoms with Crippen molar-refractivity contribution < 1.29 is 28.6 Å². The largest absolute Gasteiger partial charge is 0.462 e. The molecule has 1 atom stereocenters. The van der Waals surface area contributed by atoms with Gasteiger partial charge in [-0.3, -0.25) is 14.4 Å². The zero-order chi connectivity index (χ0) is 38.0. The lowest BCUT2D eigenvalue weighted by molar-refractivity contribution is -0.167. The van der Waals surface area contributed by atoms with Crippen molar-refractivity contribution in [3.05, 3.63) is 12.2 Å². The highest BCUT2D eigenvalue weighted by atomic mass is 16.6. The lowest BCUT2D eigenvalue weighted by atomic mass is 10.0. The van der Waals surface area contributed by atoms with Gasteiger partial charge in [0, 0.05) is 19.3 Å². The zero-order valence-electron chi connectivity index (χ0n) is 34.8. The number of rotatable bonds is 41. The first-order chi connectivity index (χ1) is 25.5. The molecule has 52 heavy (non-hydrogen) atoms. The minimum atomic E-state index is -0.763. The van der Waals surface area contributed by atoms with Crippen molar-refractivity contribution in [2.75, 3.05) is 13.2 Å². The van der Waals surface area contributed by atoms with E-state index in [-0.39, 0.29) is 31.1 Å². The second-order valence-corrected chi connectivity index (χ2v) is 15.3. The first kappa shape index (κ1) is 50.1. The summed E-state index contributed by atoms with van der Waals surface area (Å²) < 4.78 is 16.6. The summed E-state index contributed by atoms with van der Waals surface area (Å²) in [7, 11) is 0. The molecule has 0 saturated heterocycles. The van der Waals surface area contributed by atoms with E-state index in [2.05, 4.69) is 32.9 Å². The van der Waals surface area contributed by atoms with E-state index in [1.54, 1.807) is 0 Å². The van der Waals surface area contributed by atoms with Gasteiger partial charge in [-0.15, -0.1) is 0 Å². The van der Waals surface area contributed by atoms with E-state index in [1.807, 2.05) is 0 Å². The lowest BCUT2D eigenvalue weighted by Gasteiger charge is -2.18. The van der Waals surface area contributed by atoms with Crippen LogP contribution in [-0.2, 0) is 28.6 Å². The normalized spacial score (nSPS) is 12.0. The summed E-state index contributed by atoms with van der Waals surface area (Å²) in [6, 6.07) is 0. The van der Waals surface area contributed by atoms with Crippen LogP contribution in [0.4, 0.5) is 0 Å². The van der Waals surface area contributed by atoms with E-state index < -0.39 is 6.10 Å². The van der Waals surface area contributed by atoms with Crippen LogP contribution in [0.5, 0.6) is 0 Å². The van der Waals surface area contributed by atoms with E-state index in [0.29, 0.717) is 19.3 Å². The van der Waals surface area contributed by atoms with Crippen molar-refractivity contribution in [2.24, 2.45) is 0 Å². The van der Waals surface area contributed by atoms with E-state index in [4.69, 9.17) is 14.2 Å². The van der Waals surface area contributed by atoms with E-state index in [9.17, 15) is 14.4 Å². The molecule has 0 amide bonds. The summed E-state index contributed by atoms with van der Waals surface area (Å²) in [4.78, 5) is 37.5. The van der Waals surface area contributed by atoms with Gasteiger partial charge in [-0.05, 0) is 44.9 Å². The second-order valence-electron chi connectivity index (χ2n) is 15.3. The first-order valence-corrected chi connectivity index (χ1v) is 22.7. The monoisotopic (exact) mass is 735 g/mol. The van der Waals surface area contributed by atoms with Crippen LogP contribution in [0.2, 0.25) is 0 Å². The van der Waals surface area contributed by atoms with Gasteiger partial charge in [-0.25, -0.2) is 0 Å². The topological polar surface area (TPSA) is 78.9 Å². The highest BCUT2D eigenvalue weighted by Gasteiger charge is 2.19. The molecule has 1 unspecified atom stereocenters. The molecule has 306 valence electrons. The number of unbranched alkanes of at least 4 members (excludes halogenated alkanes) is 28. The fourth-order valence-corrected chi connectivity index (χ4v) is 6.55. The Balaban J connectivity index is 4.24. The molecule has 0 aromatic rings. The van der Waals surface area contributed by atoms with Crippen LogP contribution in [0.3, 0.4) is 0 Å². The van der Waals surface area contributed by atoms with Crippen LogP contribution >= 0.6 is 0 Å². The smallest absolute Gasteiger partial charge is 0.306 e. The molecule has 0 aliphatic rings. The summed E-state index contributed by atoms with van der Waals surface area (Å²) >= 11 is 0. The van der Waals surface area contributed by atoms with Crippen molar-refractivity contribution >= 4 is 17.9 Å². The predicted octanol–water partition coefficient (Wildman–Crippen LogP) is 14.3. The number of hydrogen-bond donors (Lipinski definition) is 0. The van der Waals surface area contributed by atoms with E-state index >= 15 is 0 Å². The molecule has 6 nitrogen and oxygen atoms in total. The number of hydrogen-bond acceptors (Lipinski definition) is 6. The molecule has 0 bridgehead atoms. The Hall–Kier alpha value is -1.85. The van der Waals surface area contributed by atoms with Gasteiger partial charge in [0.25, 0.3) is 0 Å². The molecule has 0 N–H and O–H groups in total. The van der Waals surface area contributed by atoms with Gasteiger partial charge in [0.2, 0.25) is 0 Å². The SMILES string of the molecule is CCCCCCCCC/C=C\CCCCCCCC(=O)OCC(COC(=O)CCCCCCCC)OC(=O)CCCCCCCCCCCCCC. The molecule has 0 aliphatic carbocycles. The molecule has 0 aromatic heterocycles. The Labute approximate surface area is 322 Å². The van der Waals surface area contributed by atoms with Crippen LogP contribution in [0, 0.1) is 0 Å². The predicted molar refractivity (Wildman–Crippen MR) is 220 cm³/mol. The van der Waals surface area contributed by atoms with Crippen molar-refractivity contribution in [2.45, 2.75) is 252 Å². The Morgan fingerprint density at radius 3 is 0.962 bits per heavy atom. The van der Waals surface area contributed by atoms with Crippen molar-refractivity contribution in [3.63, 3.8) is 0 Å². The summed E-state index contributed by atoms with van der Waals surface area (Å²) in [5.41, 5.74) is 0. The van der Waals surface area contributed by atoms with Gasteiger partial charge in [-0.2, -0.15) is 0 Å². The molecule has 0 aliphatic heterocycles. The number of carbonyl (C=O) groups excluding carboxylic acids is 3. The quantitative estimate of drug-likeness (QED) is 0.0269. The molecule has 0 saturated carbocycles. The second kappa shape index (κ2) is 41.9. The van der Waals surface area contributed by atoms with Crippen LogP contribution in [0.25, 0.3) is 0 Å². The Bertz CT molecular complexity index is 809. The maximum absolute atomic E-state index is 12.7. The van der Waals surface area contributed by atoms with Crippen LogP contribution in [0.1, 0.15) is 245 Å². The average molecular weight is 735 g/mol. The molecular weight excluding hydrogens is 648 g/mol. The van der Waals surface area contributed by atoms with Crippen LogP contribution < -0.4 is 0 Å². The molecule has 6 heteroatoms. The van der Waals surface area contributed by atoms with Gasteiger partial charge >= 0.3 is 17.9 Å². The molecule has 0 rings (SSSR count). The van der Waals surface area contributed by atoms with Crippen molar-refractivity contribution in [3.8, 4) is 0 Å². The fraction of sp³-hybridized carbons (Fsp3) is 0.891. The minimum absolute atomic E-state index is 0.0698. The average Bonchev–Trinajstić information content (AvgIpc) is 3.14. The van der Waals surface area contributed by atoms with Gasteiger partial charge in [-0.1, -0.05) is 193 Å². The Morgan fingerprint density at radius 1 is 0.365 bits per heavy atom. The van der Waals surface area contributed by atoms with E-state index in [0.717, 1.165) is 64.2 Å². The first-order valence-electron chi connectivity index (χ1n) is 22.7. The highest BCUT2D eigenvalue weighted by Crippen LogP contribution is 2.15. The standard InChI is InChI=1S/C46H86O6/c1-4-7-10-13-16-18-20-22-23-24-25-27-28-30-33-36-39-45(48)51-42-43(41-50-44(47)38-35-32-15-12-9-6-3)52-46(49)40-37-34-31-29-26-21-19-17-14-11-8-5-2/h23-24,43H,4-22,25-42H2,1-3H3/b24-23-. The summed E-state index contributed by atoms with van der Waals surface area (Å²) in [6.07, 6.45) is 43.5. The van der Waals surface area contributed by atoms with Crippen LogP contribution in [0.15, 0.2) is 12.2 Å². The third kappa shape index (κ3) is 39.4. The molecule has 0 fully saturated rings. The highest BCUT2D eigenvalue weighted by molar-refractivity contribution is 5.71. The third-order valence-electron chi connectivity index (χ3n) is 10.0. The van der Waals surface area contributed by atoms with Crippen molar-refractivity contribution in [1.82, 2.24) is 0 Å². The third-order valence-corrected chi connectivity index (χ3v) is 10.0. The summed E-state index contributed by atoms with van der Waals surface area (Å²) in [5, 5.41) is 0. The Kier molecular flexibility index (Phi) is 40.4. The zero-order valence-corrected chi connectivity index (χ0v) is 34.8. The maximum atomic E-state index is 12.7. The molecule has 0 radical (unpaired) electrons. The molecule has 0 spiro atoms. The molecule has 0 heterocycles. The number of esters is 3. The van der Waals surface area contributed by atoms with Crippen molar-refractivity contribution in [1.29, 1.82) is 0 Å². The number of allylic oxidation sites excluding steroid dienone is 2. The number of carbonyl (C=O) groups is 3. The minimum Gasteiger partial charge on any atom is -0.462 e. The maximum Gasteiger partial charge on any atom is 0.306 e. The summed E-state index contributed by atoms with van der Waals surface area (Å²) in [6.45, 7) is 6.57. The lowest BCUT2D eigenvalue weighted by Crippen LogP contribution is -2.30. The van der Waals surface area contributed by atoms with E-state index in [1.165, 1.54) is 141 Å². The van der Waals surface area contributed by atoms with Gasteiger partial charge < -0.3 is 14.2 Å². The Morgan fingerprint density at radius 2 is 0.635 bits per heavy atom. The van der Waals surface area contributed by atoms with Gasteiger partial charge in [0.05, 0.1) is 0 Å². The number of ether oxygens (including phenoxy) is 3. The fourth-order valence-electron chi connectivity index (χ4n) is 6.55. The molecular formula is C46H86O6. The summed E-state index contributed by atoms with van der Waals surface area (Å²) in [5.74, 6) is -0.881. The molecule has 0 aromatic carbocycles. The van der Waals surface area contributed by atoms with Gasteiger partial charge in [0.1, 0.15) is 13.2 Å². The van der Waals surface area contributed by atoms with Crippen LogP contribution in [-0.4, -0.2) is 37.2 Å².